The van der Waals surface area contributed by atoms with E-state index in [1.165, 1.54) is 6.26 Å². The molecule has 21 heavy (non-hydrogen) atoms. The second-order valence-electron chi connectivity index (χ2n) is 4.99. The van der Waals surface area contributed by atoms with E-state index in [4.69, 9.17) is 4.42 Å². The van der Waals surface area contributed by atoms with Gasteiger partial charge in [0, 0.05) is 39.3 Å². The van der Waals surface area contributed by atoms with Gasteiger partial charge in [-0.3, -0.25) is 9.79 Å². The standard InChI is InChI=1S/C15H24N4O2/c1-3-7-17-15(16-4-2)19-10-8-18(9-11-19)14(20)13-6-5-12-21-13/h5-6,12H,3-4,7-11H2,1-2H3,(H,16,17). The Hall–Kier alpha value is -1.98. The number of hydrogen-bond acceptors (Lipinski definition) is 3. The van der Waals surface area contributed by atoms with E-state index in [9.17, 15) is 4.79 Å². The van der Waals surface area contributed by atoms with Crippen LogP contribution in [0.2, 0.25) is 0 Å². The molecule has 1 aromatic heterocycles. The molecule has 1 aromatic rings. The van der Waals surface area contributed by atoms with Gasteiger partial charge in [0.2, 0.25) is 0 Å². The van der Waals surface area contributed by atoms with Gasteiger partial charge in [0.05, 0.1) is 6.26 Å². The number of carbonyl (C=O) groups excluding carboxylic acids is 1. The molecule has 1 saturated heterocycles. The number of amides is 1. The van der Waals surface area contributed by atoms with Crippen LogP contribution in [-0.2, 0) is 0 Å². The van der Waals surface area contributed by atoms with Crippen molar-refractivity contribution in [2.45, 2.75) is 20.3 Å². The van der Waals surface area contributed by atoms with Gasteiger partial charge in [-0.05, 0) is 25.5 Å². The van der Waals surface area contributed by atoms with Crippen LogP contribution >= 0.6 is 0 Å². The molecule has 6 heteroatoms. The molecule has 0 radical (unpaired) electrons. The van der Waals surface area contributed by atoms with Crippen molar-refractivity contribution < 1.29 is 9.21 Å². The Morgan fingerprint density at radius 3 is 2.57 bits per heavy atom. The number of guanidine groups is 1. The van der Waals surface area contributed by atoms with Crippen molar-refractivity contribution in [3.05, 3.63) is 24.2 Å². The molecular weight excluding hydrogens is 268 g/mol. The Morgan fingerprint density at radius 2 is 2.00 bits per heavy atom. The average Bonchev–Trinajstić information content (AvgIpc) is 3.05. The van der Waals surface area contributed by atoms with Crippen LogP contribution < -0.4 is 5.32 Å². The highest BCUT2D eigenvalue weighted by Gasteiger charge is 2.24. The Morgan fingerprint density at radius 1 is 1.29 bits per heavy atom. The Labute approximate surface area is 125 Å². The molecular formula is C15H24N4O2. The van der Waals surface area contributed by atoms with E-state index >= 15 is 0 Å². The van der Waals surface area contributed by atoms with Gasteiger partial charge in [-0.25, -0.2) is 0 Å². The van der Waals surface area contributed by atoms with Crippen LogP contribution in [0.1, 0.15) is 30.8 Å². The van der Waals surface area contributed by atoms with Crippen LogP contribution in [0.25, 0.3) is 0 Å². The second kappa shape index (κ2) is 7.71. The van der Waals surface area contributed by atoms with Crippen molar-refractivity contribution in [2.24, 2.45) is 4.99 Å². The molecule has 116 valence electrons. The fraction of sp³-hybridized carbons (Fsp3) is 0.600. The highest BCUT2D eigenvalue weighted by atomic mass is 16.3. The maximum atomic E-state index is 12.2. The predicted octanol–water partition coefficient (Wildman–Crippen LogP) is 1.41. The maximum Gasteiger partial charge on any atom is 0.289 e. The number of rotatable bonds is 4. The lowest BCUT2D eigenvalue weighted by Gasteiger charge is -2.36. The fourth-order valence-corrected chi connectivity index (χ4v) is 2.32. The van der Waals surface area contributed by atoms with Crippen molar-refractivity contribution in [1.29, 1.82) is 0 Å². The molecule has 0 spiro atoms. The number of carbonyl (C=O) groups is 1. The smallest absolute Gasteiger partial charge is 0.289 e. The predicted molar refractivity (Wildman–Crippen MR) is 82.5 cm³/mol. The zero-order valence-corrected chi connectivity index (χ0v) is 12.8. The summed E-state index contributed by atoms with van der Waals surface area (Å²) in [7, 11) is 0. The van der Waals surface area contributed by atoms with Gasteiger partial charge < -0.3 is 19.5 Å². The zero-order valence-electron chi connectivity index (χ0n) is 12.8. The summed E-state index contributed by atoms with van der Waals surface area (Å²) in [6.45, 7) is 8.84. The number of furan rings is 1. The normalized spacial score (nSPS) is 16.2. The summed E-state index contributed by atoms with van der Waals surface area (Å²) in [5.74, 6) is 1.33. The molecule has 0 aromatic carbocycles. The lowest BCUT2D eigenvalue weighted by atomic mass is 10.3. The lowest BCUT2D eigenvalue weighted by Crippen LogP contribution is -2.53. The lowest BCUT2D eigenvalue weighted by molar-refractivity contribution is 0.0657. The Kier molecular flexibility index (Phi) is 5.66. The number of nitrogens with zero attached hydrogens (tertiary/aromatic N) is 3. The summed E-state index contributed by atoms with van der Waals surface area (Å²) >= 11 is 0. The molecule has 2 rings (SSSR count). The van der Waals surface area contributed by atoms with Crippen LogP contribution in [-0.4, -0.2) is 60.9 Å². The van der Waals surface area contributed by atoms with Crippen molar-refractivity contribution in [2.75, 3.05) is 39.3 Å². The number of piperazine rings is 1. The first-order valence-electron chi connectivity index (χ1n) is 7.62. The van der Waals surface area contributed by atoms with E-state index in [1.54, 1.807) is 12.1 Å². The topological polar surface area (TPSA) is 61.1 Å². The van der Waals surface area contributed by atoms with Gasteiger partial charge in [0.1, 0.15) is 0 Å². The van der Waals surface area contributed by atoms with Crippen LogP contribution in [0.3, 0.4) is 0 Å². The molecule has 2 heterocycles. The minimum absolute atomic E-state index is 0.0323. The van der Waals surface area contributed by atoms with Gasteiger partial charge in [-0.15, -0.1) is 0 Å². The molecule has 6 nitrogen and oxygen atoms in total. The molecule has 1 aliphatic rings. The molecule has 1 fully saturated rings. The monoisotopic (exact) mass is 292 g/mol. The molecule has 0 bridgehead atoms. The summed E-state index contributed by atoms with van der Waals surface area (Å²) in [6.07, 6.45) is 2.57. The average molecular weight is 292 g/mol. The summed E-state index contributed by atoms with van der Waals surface area (Å²) in [6, 6.07) is 3.45. The van der Waals surface area contributed by atoms with Crippen LogP contribution in [0, 0.1) is 0 Å². The molecule has 1 amide bonds. The summed E-state index contributed by atoms with van der Waals surface area (Å²) < 4.78 is 5.17. The van der Waals surface area contributed by atoms with E-state index in [1.807, 2.05) is 4.90 Å². The highest BCUT2D eigenvalue weighted by molar-refractivity contribution is 5.91. The van der Waals surface area contributed by atoms with E-state index in [0.717, 1.165) is 38.6 Å². The molecule has 1 N–H and O–H groups in total. The van der Waals surface area contributed by atoms with E-state index in [0.29, 0.717) is 18.8 Å². The largest absolute Gasteiger partial charge is 0.459 e. The number of hydrogen-bond donors (Lipinski definition) is 1. The van der Waals surface area contributed by atoms with Gasteiger partial charge in [0.25, 0.3) is 5.91 Å². The van der Waals surface area contributed by atoms with Gasteiger partial charge in [0.15, 0.2) is 11.7 Å². The van der Waals surface area contributed by atoms with Gasteiger partial charge in [-0.1, -0.05) is 6.92 Å². The van der Waals surface area contributed by atoms with E-state index in [2.05, 4.69) is 29.1 Å². The maximum absolute atomic E-state index is 12.2. The third kappa shape index (κ3) is 4.00. The second-order valence-corrected chi connectivity index (χ2v) is 4.99. The summed E-state index contributed by atoms with van der Waals surface area (Å²) in [5.41, 5.74) is 0. The quantitative estimate of drug-likeness (QED) is 0.673. The fourth-order valence-electron chi connectivity index (χ4n) is 2.32. The third-order valence-electron chi connectivity index (χ3n) is 3.42. The SMILES string of the molecule is CCCN=C(NCC)N1CCN(C(=O)c2ccco2)CC1. The number of aliphatic imine (C=N–C) groups is 1. The number of nitrogens with one attached hydrogen (secondary N) is 1. The first kappa shape index (κ1) is 15.4. The highest BCUT2D eigenvalue weighted by Crippen LogP contribution is 2.09. The van der Waals surface area contributed by atoms with E-state index < -0.39 is 0 Å². The summed E-state index contributed by atoms with van der Waals surface area (Å²) in [5, 5.41) is 3.31. The van der Waals surface area contributed by atoms with Gasteiger partial charge in [-0.2, -0.15) is 0 Å². The van der Waals surface area contributed by atoms with Gasteiger partial charge >= 0.3 is 0 Å². The molecule has 0 atom stereocenters. The minimum atomic E-state index is -0.0323. The Balaban J connectivity index is 1.91. The zero-order chi connectivity index (χ0) is 15.1. The molecule has 0 saturated carbocycles. The Bertz CT molecular complexity index is 462. The van der Waals surface area contributed by atoms with Crippen molar-refractivity contribution in [3.63, 3.8) is 0 Å². The van der Waals surface area contributed by atoms with Crippen molar-refractivity contribution >= 4 is 11.9 Å². The van der Waals surface area contributed by atoms with Crippen LogP contribution in [0.4, 0.5) is 0 Å². The first-order chi connectivity index (χ1) is 10.3. The van der Waals surface area contributed by atoms with Crippen LogP contribution in [0.5, 0.6) is 0 Å². The molecule has 1 aliphatic heterocycles. The third-order valence-corrected chi connectivity index (χ3v) is 3.42. The molecule has 0 aliphatic carbocycles. The minimum Gasteiger partial charge on any atom is -0.459 e. The molecule has 0 unspecified atom stereocenters. The summed E-state index contributed by atoms with van der Waals surface area (Å²) in [4.78, 5) is 20.8. The van der Waals surface area contributed by atoms with Crippen LogP contribution in [0.15, 0.2) is 27.8 Å². The first-order valence-corrected chi connectivity index (χ1v) is 7.62. The van der Waals surface area contributed by atoms with E-state index in [-0.39, 0.29) is 5.91 Å². The van der Waals surface area contributed by atoms with Crippen molar-refractivity contribution in [1.82, 2.24) is 15.1 Å². The van der Waals surface area contributed by atoms with Crippen molar-refractivity contribution in [3.8, 4) is 0 Å².